The number of aromatic nitrogens is 4. The van der Waals surface area contributed by atoms with Crippen LogP contribution in [0.2, 0.25) is 5.02 Å². The molecule has 1 aromatic carbocycles. The van der Waals surface area contributed by atoms with E-state index in [1.807, 2.05) is 0 Å². The molecule has 0 unspecified atom stereocenters. The smallest absolute Gasteiger partial charge is 0.278 e. The van der Waals surface area contributed by atoms with Gasteiger partial charge in [-0.05, 0) is 36.4 Å². The van der Waals surface area contributed by atoms with E-state index in [4.69, 9.17) is 11.6 Å². The summed E-state index contributed by atoms with van der Waals surface area (Å²) >= 11 is 5.76. The van der Waals surface area contributed by atoms with Gasteiger partial charge in [-0.3, -0.25) is 9.55 Å². The maximum absolute atomic E-state index is 12.3. The molecular formula is C16H16ClN5O3S. The molecule has 0 saturated carbocycles. The number of nitrogens with zero attached hydrogens (tertiary/aromatic N) is 4. The highest BCUT2D eigenvalue weighted by Gasteiger charge is 2.15. The third-order valence-corrected chi connectivity index (χ3v) is 5.43. The fourth-order valence-corrected chi connectivity index (χ4v) is 3.51. The number of halogens is 1. The van der Waals surface area contributed by atoms with Crippen LogP contribution >= 0.6 is 11.6 Å². The summed E-state index contributed by atoms with van der Waals surface area (Å²) in [6.07, 6.45) is 3.24. The van der Waals surface area contributed by atoms with Crippen molar-refractivity contribution < 1.29 is 8.42 Å². The quantitative estimate of drug-likeness (QED) is 0.680. The van der Waals surface area contributed by atoms with Gasteiger partial charge in [0.05, 0.1) is 11.4 Å². The van der Waals surface area contributed by atoms with Gasteiger partial charge in [0.15, 0.2) is 5.82 Å². The summed E-state index contributed by atoms with van der Waals surface area (Å²) in [5.74, 6) is 0.462. The molecule has 1 N–H and O–H groups in total. The predicted molar refractivity (Wildman–Crippen MR) is 97.3 cm³/mol. The number of hydrogen-bond donors (Lipinski definition) is 1. The fraction of sp³-hybridized carbons (Fsp3) is 0.188. The van der Waals surface area contributed by atoms with Gasteiger partial charge in [-0.25, -0.2) is 22.6 Å². The third kappa shape index (κ3) is 3.85. The van der Waals surface area contributed by atoms with Crippen molar-refractivity contribution in [1.82, 2.24) is 24.1 Å². The minimum atomic E-state index is -3.68. The average Bonchev–Trinajstić information content (AvgIpc) is 2.91. The Hall–Kier alpha value is -2.49. The summed E-state index contributed by atoms with van der Waals surface area (Å²) in [5.41, 5.74) is 0.363. The van der Waals surface area contributed by atoms with Crippen molar-refractivity contribution in [1.29, 1.82) is 0 Å². The highest BCUT2D eigenvalue weighted by atomic mass is 35.5. The van der Waals surface area contributed by atoms with Crippen molar-refractivity contribution in [2.45, 2.75) is 11.4 Å². The van der Waals surface area contributed by atoms with Gasteiger partial charge in [0.1, 0.15) is 0 Å². The van der Waals surface area contributed by atoms with Crippen molar-refractivity contribution in [3.63, 3.8) is 0 Å². The number of rotatable bonds is 6. The zero-order valence-corrected chi connectivity index (χ0v) is 15.4. The van der Waals surface area contributed by atoms with Crippen LogP contribution in [0.25, 0.3) is 11.4 Å². The minimum absolute atomic E-state index is 0.0222. The van der Waals surface area contributed by atoms with Gasteiger partial charge >= 0.3 is 5.69 Å². The van der Waals surface area contributed by atoms with Crippen LogP contribution in [-0.2, 0) is 23.6 Å². The average molecular weight is 394 g/mol. The number of nitrogens with one attached hydrogen (secondary N) is 1. The Morgan fingerprint density at radius 1 is 1.19 bits per heavy atom. The largest absolute Gasteiger partial charge is 0.345 e. The fourth-order valence-electron chi connectivity index (χ4n) is 2.36. The number of benzene rings is 1. The van der Waals surface area contributed by atoms with E-state index in [0.29, 0.717) is 16.4 Å². The van der Waals surface area contributed by atoms with Crippen LogP contribution in [0, 0.1) is 0 Å². The zero-order valence-electron chi connectivity index (χ0n) is 13.8. The molecule has 0 spiro atoms. The molecule has 136 valence electrons. The molecule has 0 saturated heterocycles. The lowest BCUT2D eigenvalue weighted by Crippen LogP contribution is -2.31. The van der Waals surface area contributed by atoms with Gasteiger partial charge in [-0.15, -0.1) is 5.10 Å². The molecule has 2 aromatic heterocycles. The van der Waals surface area contributed by atoms with Crippen LogP contribution in [0.15, 0.2) is 58.5 Å². The molecule has 3 aromatic rings. The monoisotopic (exact) mass is 393 g/mol. The molecule has 2 heterocycles. The van der Waals surface area contributed by atoms with Crippen molar-refractivity contribution in [2.24, 2.45) is 7.05 Å². The van der Waals surface area contributed by atoms with Crippen LogP contribution in [-0.4, -0.2) is 34.3 Å². The van der Waals surface area contributed by atoms with Gasteiger partial charge < -0.3 is 0 Å². The summed E-state index contributed by atoms with van der Waals surface area (Å²) in [7, 11) is -2.08. The van der Waals surface area contributed by atoms with E-state index in [1.165, 1.54) is 33.5 Å². The second kappa shape index (κ2) is 7.40. The second-order valence-corrected chi connectivity index (χ2v) is 7.69. The van der Waals surface area contributed by atoms with Gasteiger partial charge in [-0.1, -0.05) is 11.6 Å². The van der Waals surface area contributed by atoms with E-state index in [0.717, 1.165) is 0 Å². The van der Waals surface area contributed by atoms with Crippen LogP contribution < -0.4 is 10.4 Å². The molecule has 8 nitrogen and oxygen atoms in total. The normalized spacial score (nSPS) is 11.6. The molecule has 0 aliphatic rings. The first kappa shape index (κ1) is 18.3. The molecule has 10 heteroatoms. The Morgan fingerprint density at radius 3 is 2.58 bits per heavy atom. The lowest BCUT2D eigenvalue weighted by molar-refractivity contribution is 0.551. The summed E-state index contributed by atoms with van der Waals surface area (Å²) < 4.78 is 29.5. The molecule has 26 heavy (non-hydrogen) atoms. The summed E-state index contributed by atoms with van der Waals surface area (Å²) in [6.45, 7) is 0.119. The Balaban J connectivity index is 1.73. The van der Waals surface area contributed by atoms with E-state index in [9.17, 15) is 13.2 Å². The molecular weight excluding hydrogens is 378 g/mol. The Bertz CT molecular complexity index is 1060. The van der Waals surface area contributed by atoms with Crippen molar-refractivity contribution in [3.8, 4) is 11.4 Å². The zero-order chi connectivity index (χ0) is 18.7. The summed E-state index contributed by atoms with van der Waals surface area (Å²) in [6, 6.07) is 9.37. The lowest BCUT2D eigenvalue weighted by atomic mass is 10.3. The Morgan fingerprint density at radius 2 is 1.92 bits per heavy atom. The SMILES string of the molecule is Cn1c(-c2cccnc2)nn(CCNS(=O)(=O)c2ccc(Cl)cc2)c1=O. The third-order valence-electron chi connectivity index (χ3n) is 3.70. The minimum Gasteiger partial charge on any atom is -0.278 e. The van der Waals surface area contributed by atoms with Crippen LogP contribution in [0.1, 0.15) is 0 Å². The summed E-state index contributed by atoms with van der Waals surface area (Å²) in [5, 5.41) is 4.71. The van der Waals surface area contributed by atoms with E-state index in [-0.39, 0.29) is 23.7 Å². The molecule has 3 rings (SSSR count). The first-order chi connectivity index (χ1) is 12.4. The van der Waals surface area contributed by atoms with Gasteiger partial charge in [0.2, 0.25) is 10.0 Å². The summed E-state index contributed by atoms with van der Waals surface area (Å²) in [4.78, 5) is 16.4. The van der Waals surface area contributed by atoms with Crippen molar-refractivity contribution in [3.05, 3.63) is 64.3 Å². The first-order valence-electron chi connectivity index (χ1n) is 7.68. The highest BCUT2D eigenvalue weighted by Crippen LogP contribution is 2.14. The number of sulfonamides is 1. The van der Waals surface area contributed by atoms with E-state index in [1.54, 1.807) is 31.6 Å². The van der Waals surface area contributed by atoms with Gasteiger partial charge in [-0.2, -0.15) is 0 Å². The lowest BCUT2D eigenvalue weighted by Gasteiger charge is -2.06. The molecule has 0 amide bonds. The molecule has 0 fully saturated rings. The molecule has 0 aliphatic heterocycles. The number of pyridine rings is 1. The van der Waals surface area contributed by atoms with E-state index in [2.05, 4.69) is 14.8 Å². The van der Waals surface area contributed by atoms with Crippen molar-refractivity contribution >= 4 is 21.6 Å². The molecule has 0 radical (unpaired) electrons. The van der Waals surface area contributed by atoms with Gasteiger partial charge in [0.25, 0.3) is 0 Å². The maximum Gasteiger partial charge on any atom is 0.345 e. The molecule has 0 atom stereocenters. The van der Waals surface area contributed by atoms with Gasteiger partial charge in [0, 0.05) is 36.6 Å². The van der Waals surface area contributed by atoms with E-state index >= 15 is 0 Å². The second-order valence-electron chi connectivity index (χ2n) is 5.48. The topological polar surface area (TPSA) is 98.9 Å². The van der Waals surface area contributed by atoms with E-state index < -0.39 is 10.0 Å². The first-order valence-corrected chi connectivity index (χ1v) is 9.54. The molecule has 0 bridgehead atoms. The van der Waals surface area contributed by atoms with Crippen LogP contribution in [0.5, 0.6) is 0 Å². The highest BCUT2D eigenvalue weighted by molar-refractivity contribution is 7.89. The Labute approximate surface area is 155 Å². The van der Waals surface area contributed by atoms with Crippen molar-refractivity contribution in [2.75, 3.05) is 6.54 Å². The standard InChI is InChI=1S/C16H16ClN5O3S/c1-21-15(12-3-2-8-18-11-12)20-22(16(21)23)10-9-19-26(24,25)14-6-4-13(17)5-7-14/h2-8,11,19H,9-10H2,1H3. The van der Waals surface area contributed by atoms with Crippen LogP contribution in [0.4, 0.5) is 0 Å². The Kier molecular flexibility index (Phi) is 5.21. The predicted octanol–water partition coefficient (Wildman–Crippen LogP) is 1.28. The molecule has 0 aliphatic carbocycles. The maximum atomic E-state index is 12.3. The van der Waals surface area contributed by atoms with Crippen LogP contribution in [0.3, 0.4) is 0 Å². The number of hydrogen-bond acceptors (Lipinski definition) is 5.